The molecule has 0 aromatic rings. The van der Waals surface area contributed by atoms with Crippen LogP contribution in [0.3, 0.4) is 0 Å². The maximum atomic E-state index is 7.56. The molecule has 0 unspecified atom stereocenters. The maximum Gasteiger partial charge on any atom is 0.319 e. The van der Waals surface area contributed by atoms with Crippen LogP contribution in [-0.2, 0) is 43.1 Å². The van der Waals surface area contributed by atoms with E-state index in [4.69, 9.17) is 29.4 Å². The minimum absolute atomic E-state index is 0. The standard InChI is InChI=1S/C12H25.2H3O3PS.Zn/c1-3-5-7-9-11-12-10-8-6-4-2;2*1-4(2,3)5;/h9H,3-8,10-12H2,1-2H3;2*(H3,1,2,3,5);/q-1;;;. The van der Waals surface area contributed by atoms with Crippen LogP contribution in [0.5, 0.6) is 0 Å². The third kappa shape index (κ3) is 97.6. The summed E-state index contributed by atoms with van der Waals surface area (Å²) < 4.78 is 0. The average Bonchev–Trinajstić information content (AvgIpc) is 2.28. The summed E-state index contributed by atoms with van der Waals surface area (Å²) in [5.41, 5.74) is 0. The second-order valence-electron chi connectivity index (χ2n) is 4.66. The summed E-state index contributed by atoms with van der Waals surface area (Å²) in [6, 6.07) is 0. The quantitative estimate of drug-likeness (QED) is 0.134. The van der Waals surface area contributed by atoms with Crippen molar-refractivity contribution in [2.75, 3.05) is 0 Å². The third-order valence-electron chi connectivity index (χ3n) is 2.27. The molecule has 0 heterocycles. The van der Waals surface area contributed by atoms with Gasteiger partial charge in [0.25, 0.3) is 0 Å². The van der Waals surface area contributed by atoms with Crippen molar-refractivity contribution in [3.05, 3.63) is 6.42 Å². The Balaban J connectivity index is -0.000000137. The van der Waals surface area contributed by atoms with Crippen molar-refractivity contribution in [3.8, 4) is 0 Å². The largest absolute Gasteiger partial charge is 0.328 e. The predicted octanol–water partition coefficient (Wildman–Crippen LogP) is 3.11. The molecular formula is C12H31O6P2S2Zn-. The van der Waals surface area contributed by atoms with E-state index in [1.807, 2.05) is 0 Å². The Kier molecular flexibility index (Phi) is 30.6. The molecule has 0 aliphatic rings. The molecule has 0 aliphatic heterocycles. The first-order chi connectivity index (χ1) is 9.91. The zero-order valence-electron chi connectivity index (χ0n) is 14.0. The van der Waals surface area contributed by atoms with E-state index in [9.17, 15) is 0 Å². The molecule has 6 N–H and O–H groups in total. The number of unbranched alkanes of at least 4 members (excludes halogenated alkanes) is 9. The van der Waals surface area contributed by atoms with Crippen LogP contribution in [0.1, 0.15) is 71.6 Å². The molecule has 23 heavy (non-hydrogen) atoms. The van der Waals surface area contributed by atoms with Crippen LogP contribution >= 0.6 is 13.4 Å². The van der Waals surface area contributed by atoms with E-state index in [0.717, 1.165) is 0 Å². The van der Waals surface area contributed by atoms with Gasteiger partial charge in [-0.1, -0.05) is 58.8 Å². The summed E-state index contributed by atoms with van der Waals surface area (Å²) in [6.45, 7) is -3.08. The van der Waals surface area contributed by atoms with E-state index in [2.05, 4.69) is 43.9 Å². The van der Waals surface area contributed by atoms with Gasteiger partial charge >= 0.3 is 13.4 Å². The summed E-state index contributed by atoms with van der Waals surface area (Å²) in [5, 5.41) is 0. The van der Waals surface area contributed by atoms with Crippen molar-refractivity contribution in [1.29, 1.82) is 0 Å². The zero-order valence-corrected chi connectivity index (χ0v) is 20.4. The monoisotopic (exact) mass is 461 g/mol. The SMILES string of the molecule is CCCC[CH-]CCCCCCC.OP(O)(O)=S.OP(O)(O)=S.[Zn]. The van der Waals surface area contributed by atoms with Gasteiger partial charge in [-0.15, -0.1) is 0 Å². The minimum atomic E-state index is -3.81. The Morgan fingerprint density at radius 2 is 0.957 bits per heavy atom. The molecule has 0 aromatic carbocycles. The van der Waals surface area contributed by atoms with Gasteiger partial charge in [-0.25, -0.2) is 0 Å². The Bertz CT molecular complexity index is 265. The van der Waals surface area contributed by atoms with Gasteiger partial charge in [-0.05, 0) is 23.6 Å². The van der Waals surface area contributed by atoms with E-state index in [1.54, 1.807) is 0 Å². The van der Waals surface area contributed by atoms with Gasteiger partial charge in [0.1, 0.15) is 0 Å². The molecule has 0 spiro atoms. The first kappa shape index (κ1) is 32.4. The molecule has 0 saturated heterocycles. The molecule has 0 radical (unpaired) electrons. The molecule has 0 aromatic heterocycles. The molecule has 0 bridgehead atoms. The van der Waals surface area contributed by atoms with E-state index >= 15 is 0 Å². The van der Waals surface area contributed by atoms with Gasteiger partial charge in [0.05, 0.1) is 0 Å². The molecule has 0 saturated carbocycles. The minimum Gasteiger partial charge on any atom is -0.328 e. The summed E-state index contributed by atoms with van der Waals surface area (Å²) in [5.74, 6) is 0. The normalized spacial score (nSPS) is 10.6. The average molecular weight is 463 g/mol. The first-order valence-electron chi connectivity index (χ1n) is 7.30. The van der Waals surface area contributed by atoms with Crippen LogP contribution in [0.4, 0.5) is 0 Å². The van der Waals surface area contributed by atoms with Crippen LogP contribution < -0.4 is 0 Å². The summed E-state index contributed by atoms with van der Waals surface area (Å²) in [6.07, 6.45) is 15.0. The van der Waals surface area contributed by atoms with Crippen molar-refractivity contribution >= 4 is 37.1 Å². The van der Waals surface area contributed by atoms with Crippen LogP contribution in [-0.4, -0.2) is 29.4 Å². The molecular weight excluding hydrogens is 432 g/mol. The number of rotatable bonds is 9. The summed E-state index contributed by atoms with van der Waals surface area (Å²) in [7, 11) is 0. The van der Waals surface area contributed by atoms with E-state index in [0.29, 0.717) is 0 Å². The first-order valence-corrected chi connectivity index (χ1v) is 12.6. The van der Waals surface area contributed by atoms with Gasteiger partial charge in [-0.2, -0.15) is 12.8 Å². The predicted molar refractivity (Wildman–Crippen MR) is 99.1 cm³/mol. The second-order valence-corrected chi connectivity index (χ2v) is 9.65. The van der Waals surface area contributed by atoms with Crippen molar-refractivity contribution in [2.45, 2.75) is 71.6 Å². The van der Waals surface area contributed by atoms with Gasteiger partial charge in [0.15, 0.2) is 0 Å². The maximum absolute atomic E-state index is 7.56. The van der Waals surface area contributed by atoms with Crippen LogP contribution in [0.25, 0.3) is 0 Å². The van der Waals surface area contributed by atoms with E-state index < -0.39 is 13.4 Å². The van der Waals surface area contributed by atoms with Gasteiger partial charge in [0, 0.05) is 19.5 Å². The molecule has 0 atom stereocenters. The molecule has 6 nitrogen and oxygen atoms in total. The van der Waals surface area contributed by atoms with Crippen molar-refractivity contribution < 1.29 is 48.8 Å². The number of hydrogen-bond acceptors (Lipinski definition) is 2. The fraction of sp³-hybridized carbons (Fsp3) is 0.917. The van der Waals surface area contributed by atoms with Crippen LogP contribution in [0, 0.1) is 6.42 Å². The zero-order chi connectivity index (χ0) is 18.1. The van der Waals surface area contributed by atoms with E-state index in [1.165, 1.54) is 57.8 Å². The Labute approximate surface area is 163 Å². The summed E-state index contributed by atoms with van der Waals surface area (Å²) >= 11 is 7.21. The van der Waals surface area contributed by atoms with Crippen LogP contribution in [0.2, 0.25) is 0 Å². The van der Waals surface area contributed by atoms with Crippen molar-refractivity contribution in [2.24, 2.45) is 0 Å². The van der Waals surface area contributed by atoms with E-state index in [-0.39, 0.29) is 19.5 Å². The molecule has 0 rings (SSSR count). The molecule has 0 amide bonds. The van der Waals surface area contributed by atoms with Gasteiger partial charge in [0.2, 0.25) is 0 Å². The molecule has 11 heteroatoms. The topological polar surface area (TPSA) is 121 Å². The Hall–Kier alpha value is 1.68. The van der Waals surface area contributed by atoms with Crippen molar-refractivity contribution in [1.82, 2.24) is 0 Å². The van der Waals surface area contributed by atoms with Crippen LogP contribution in [0.15, 0.2) is 0 Å². The fourth-order valence-corrected chi connectivity index (χ4v) is 1.39. The molecule has 0 aliphatic carbocycles. The Morgan fingerprint density at radius 1 is 0.652 bits per heavy atom. The van der Waals surface area contributed by atoms with Gasteiger partial charge in [-0.3, -0.25) is 0 Å². The summed E-state index contributed by atoms with van der Waals surface area (Å²) in [4.78, 5) is 45.3. The third-order valence-corrected chi connectivity index (χ3v) is 2.27. The fourth-order valence-electron chi connectivity index (χ4n) is 1.39. The smallest absolute Gasteiger partial charge is 0.319 e. The Morgan fingerprint density at radius 3 is 1.30 bits per heavy atom. The molecule has 0 fully saturated rings. The van der Waals surface area contributed by atoms with Gasteiger partial charge < -0.3 is 35.8 Å². The second kappa shape index (κ2) is 21.7. The van der Waals surface area contributed by atoms with Crippen molar-refractivity contribution in [3.63, 3.8) is 0 Å². The number of hydrogen-bond donors (Lipinski definition) is 6. The molecule has 140 valence electrons.